The Kier molecular flexibility index (Phi) is 10.1. The molecule has 2 rings (SSSR count). The Bertz CT molecular complexity index is 877. The van der Waals surface area contributed by atoms with Crippen LogP contribution in [0.4, 0.5) is 5.69 Å². The van der Waals surface area contributed by atoms with E-state index in [0.29, 0.717) is 33.6 Å². The van der Waals surface area contributed by atoms with E-state index in [9.17, 15) is 14.7 Å². The molecule has 0 spiro atoms. The average Bonchev–Trinajstić information content (AvgIpc) is 2.74. The summed E-state index contributed by atoms with van der Waals surface area (Å²) in [6.07, 6.45) is 0.0103. The zero-order valence-electron chi connectivity index (χ0n) is 17.4. The number of rotatable bonds is 11. The van der Waals surface area contributed by atoms with Gasteiger partial charge in [-0.3, -0.25) is 9.69 Å². The molecule has 31 heavy (non-hydrogen) atoms. The van der Waals surface area contributed by atoms with E-state index in [1.54, 1.807) is 42.5 Å². The van der Waals surface area contributed by atoms with Crippen molar-refractivity contribution < 1.29 is 24.2 Å². The molecular weight excluding hydrogens is 443 g/mol. The third kappa shape index (κ3) is 8.38. The van der Waals surface area contributed by atoms with Crippen LogP contribution in [-0.2, 0) is 9.53 Å². The molecule has 2 N–H and O–H groups in total. The molecule has 1 atom stereocenters. The second-order valence-electron chi connectivity index (χ2n) is 6.89. The van der Waals surface area contributed by atoms with Gasteiger partial charge in [-0.1, -0.05) is 30.1 Å². The number of ether oxygens (including phenoxy) is 2. The number of amides is 1. The number of nitrogens with one attached hydrogen (secondary N) is 1. The van der Waals surface area contributed by atoms with Crippen LogP contribution in [0.1, 0.15) is 23.7 Å². The molecule has 0 aromatic heterocycles. The number of esters is 1. The number of halogens is 2. The second kappa shape index (κ2) is 12.5. The van der Waals surface area contributed by atoms with Gasteiger partial charge in [0, 0.05) is 11.6 Å². The third-order valence-corrected chi connectivity index (χ3v) is 4.85. The fourth-order valence-corrected chi connectivity index (χ4v) is 3.34. The molecule has 0 aliphatic rings. The van der Waals surface area contributed by atoms with Crippen molar-refractivity contribution in [1.29, 1.82) is 0 Å². The summed E-state index contributed by atoms with van der Waals surface area (Å²) in [6.45, 7) is 3.02. The Morgan fingerprint density at radius 3 is 2.48 bits per heavy atom. The van der Waals surface area contributed by atoms with Gasteiger partial charge in [-0.25, -0.2) is 4.79 Å². The number of methoxy groups -OCH3 is 1. The molecule has 0 aliphatic heterocycles. The lowest BCUT2D eigenvalue weighted by Gasteiger charge is -2.24. The minimum Gasteiger partial charge on any atom is -0.491 e. The Labute approximate surface area is 191 Å². The topological polar surface area (TPSA) is 88.1 Å². The molecule has 0 radical (unpaired) electrons. The van der Waals surface area contributed by atoms with Crippen LogP contribution in [0.15, 0.2) is 42.5 Å². The van der Waals surface area contributed by atoms with Crippen LogP contribution in [0.3, 0.4) is 0 Å². The van der Waals surface area contributed by atoms with Gasteiger partial charge in [-0.05, 0) is 55.4 Å². The summed E-state index contributed by atoms with van der Waals surface area (Å²) in [4.78, 5) is 25.7. The smallest absolute Gasteiger partial charge is 0.337 e. The van der Waals surface area contributed by atoms with E-state index >= 15 is 0 Å². The van der Waals surface area contributed by atoms with E-state index in [2.05, 4.69) is 10.1 Å². The molecule has 0 heterocycles. The molecule has 0 saturated carbocycles. The summed E-state index contributed by atoms with van der Waals surface area (Å²) in [6, 6.07) is 11.3. The Morgan fingerprint density at radius 2 is 1.87 bits per heavy atom. The van der Waals surface area contributed by atoms with Crippen LogP contribution in [0.25, 0.3) is 0 Å². The first-order valence-electron chi connectivity index (χ1n) is 9.78. The minimum atomic E-state index is -0.807. The number of aliphatic hydroxyl groups is 1. The quantitative estimate of drug-likeness (QED) is 0.486. The lowest BCUT2D eigenvalue weighted by atomic mass is 10.2. The fraction of sp³-hybridized carbons (Fsp3) is 0.364. The number of carbonyl (C=O) groups is 2. The van der Waals surface area contributed by atoms with Gasteiger partial charge < -0.3 is 19.9 Å². The maximum Gasteiger partial charge on any atom is 0.337 e. The van der Waals surface area contributed by atoms with Crippen molar-refractivity contribution >= 4 is 40.8 Å². The molecule has 0 fully saturated rings. The van der Waals surface area contributed by atoms with Gasteiger partial charge in [-0.2, -0.15) is 0 Å². The highest BCUT2D eigenvalue weighted by atomic mass is 35.5. The highest BCUT2D eigenvalue weighted by Crippen LogP contribution is 2.25. The number of hydrogen-bond acceptors (Lipinski definition) is 6. The van der Waals surface area contributed by atoms with E-state index in [1.165, 1.54) is 7.11 Å². The standard InChI is InChI=1S/C22H26Cl2N2O5/c1-3-10-26(13-21(28)25-20-9-6-16(23)11-19(20)24)12-17(27)14-31-18-7-4-15(5-8-18)22(29)30-2/h4-9,11,17,27H,3,10,12-14H2,1-2H3,(H,25,28). The molecule has 2 aromatic rings. The highest BCUT2D eigenvalue weighted by molar-refractivity contribution is 6.36. The van der Waals surface area contributed by atoms with Gasteiger partial charge in [0.25, 0.3) is 0 Å². The average molecular weight is 469 g/mol. The number of aliphatic hydroxyl groups excluding tert-OH is 1. The molecule has 1 unspecified atom stereocenters. The van der Waals surface area contributed by atoms with E-state index in [-0.39, 0.29) is 25.6 Å². The first-order chi connectivity index (χ1) is 14.8. The van der Waals surface area contributed by atoms with E-state index in [4.69, 9.17) is 27.9 Å². The summed E-state index contributed by atoms with van der Waals surface area (Å²) in [5.41, 5.74) is 0.892. The summed E-state index contributed by atoms with van der Waals surface area (Å²) in [7, 11) is 1.31. The van der Waals surface area contributed by atoms with Gasteiger partial charge in [-0.15, -0.1) is 0 Å². The van der Waals surface area contributed by atoms with E-state index < -0.39 is 12.1 Å². The van der Waals surface area contributed by atoms with Gasteiger partial charge in [0.05, 0.1) is 29.9 Å². The van der Waals surface area contributed by atoms with Crippen molar-refractivity contribution in [3.05, 3.63) is 58.1 Å². The lowest BCUT2D eigenvalue weighted by Crippen LogP contribution is -2.40. The predicted molar refractivity (Wildman–Crippen MR) is 121 cm³/mol. The summed E-state index contributed by atoms with van der Waals surface area (Å²) >= 11 is 12.0. The minimum absolute atomic E-state index is 0.0441. The van der Waals surface area contributed by atoms with Crippen molar-refractivity contribution in [2.24, 2.45) is 0 Å². The predicted octanol–water partition coefficient (Wildman–Crippen LogP) is 3.87. The van der Waals surface area contributed by atoms with Crippen LogP contribution >= 0.6 is 23.2 Å². The SMILES string of the molecule is CCCN(CC(=O)Nc1ccc(Cl)cc1Cl)CC(O)COc1ccc(C(=O)OC)cc1. The molecule has 1 amide bonds. The van der Waals surface area contributed by atoms with Crippen molar-refractivity contribution in [3.8, 4) is 5.75 Å². The molecule has 0 bridgehead atoms. The Morgan fingerprint density at radius 1 is 1.16 bits per heavy atom. The lowest BCUT2D eigenvalue weighted by molar-refractivity contribution is -0.117. The van der Waals surface area contributed by atoms with Crippen LogP contribution in [0.2, 0.25) is 10.0 Å². The highest BCUT2D eigenvalue weighted by Gasteiger charge is 2.16. The van der Waals surface area contributed by atoms with Gasteiger partial charge in [0.1, 0.15) is 18.5 Å². The number of carbonyl (C=O) groups excluding carboxylic acids is 2. The Hall–Kier alpha value is -2.32. The molecular formula is C22H26Cl2N2O5. The Balaban J connectivity index is 1.85. The normalized spacial score (nSPS) is 11.8. The largest absolute Gasteiger partial charge is 0.491 e. The fourth-order valence-electron chi connectivity index (χ4n) is 2.88. The zero-order chi connectivity index (χ0) is 22.8. The number of hydrogen-bond donors (Lipinski definition) is 2. The summed E-state index contributed by atoms with van der Waals surface area (Å²) in [5, 5.41) is 14.0. The zero-order valence-corrected chi connectivity index (χ0v) is 18.9. The van der Waals surface area contributed by atoms with Crippen molar-refractivity contribution in [1.82, 2.24) is 4.90 Å². The van der Waals surface area contributed by atoms with Crippen LogP contribution in [0.5, 0.6) is 5.75 Å². The van der Waals surface area contributed by atoms with Crippen molar-refractivity contribution in [3.63, 3.8) is 0 Å². The maximum atomic E-state index is 12.4. The first-order valence-corrected chi connectivity index (χ1v) is 10.5. The molecule has 168 valence electrons. The van der Waals surface area contributed by atoms with Crippen LogP contribution < -0.4 is 10.1 Å². The van der Waals surface area contributed by atoms with E-state index in [1.807, 2.05) is 11.8 Å². The molecule has 9 heteroatoms. The van der Waals surface area contributed by atoms with Crippen LogP contribution in [-0.4, -0.2) is 61.3 Å². The summed E-state index contributed by atoms with van der Waals surface area (Å²) < 4.78 is 10.2. The molecule has 2 aromatic carbocycles. The molecule has 0 aliphatic carbocycles. The maximum absolute atomic E-state index is 12.4. The monoisotopic (exact) mass is 468 g/mol. The number of anilines is 1. The van der Waals surface area contributed by atoms with E-state index in [0.717, 1.165) is 6.42 Å². The van der Waals surface area contributed by atoms with Crippen LogP contribution in [0, 0.1) is 0 Å². The van der Waals surface area contributed by atoms with Gasteiger partial charge >= 0.3 is 5.97 Å². The van der Waals surface area contributed by atoms with Gasteiger partial charge in [0.15, 0.2) is 0 Å². The first kappa shape index (κ1) is 24.9. The molecule has 7 nitrogen and oxygen atoms in total. The third-order valence-electron chi connectivity index (χ3n) is 4.30. The molecule has 0 saturated heterocycles. The number of nitrogens with zero attached hydrogens (tertiary/aromatic N) is 1. The number of benzene rings is 2. The summed E-state index contributed by atoms with van der Waals surface area (Å²) in [5.74, 6) is -0.159. The van der Waals surface area contributed by atoms with Crippen molar-refractivity contribution in [2.75, 3.05) is 38.7 Å². The second-order valence-corrected chi connectivity index (χ2v) is 7.73. The van der Waals surface area contributed by atoms with Gasteiger partial charge in [0.2, 0.25) is 5.91 Å². The van der Waals surface area contributed by atoms with Crippen molar-refractivity contribution in [2.45, 2.75) is 19.4 Å².